The standard InChI is InChI=1S/C23H28FN3O3/c24-16-5-7-17(8-6-16)30-18-9-13-27(14-10-18)22(29)20-4-2-1-3-19(20)21(28)26-23(15-25)11-12-23/h5-8,18-20H,1-4,9-14H2,(H,26,28)/t19-,20-/m1/s1. The minimum atomic E-state index is -0.696. The molecule has 2 saturated carbocycles. The van der Waals surface area contributed by atoms with E-state index in [1.807, 2.05) is 4.90 Å². The molecule has 1 aromatic rings. The van der Waals surface area contributed by atoms with E-state index in [9.17, 15) is 19.2 Å². The number of nitriles is 1. The molecule has 2 atom stereocenters. The summed E-state index contributed by atoms with van der Waals surface area (Å²) in [7, 11) is 0. The SMILES string of the molecule is N#CC1(NC(=O)[C@@H]2CCCC[C@H]2C(=O)N2CCC(Oc3ccc(F)cc3)CC2)CC1. The van der Waals surface area contributed by atoms with Crippen molar-refractivity contribution in [2.24, 2.45) is 11.8 Å². The number of amides is 2. The molecule has 4 rings (SSSR count). The number of nitrogens with zero attached hydrogens (tertiary/aromatic N) is 2. The molecule has 0 radical (unpaired) electrons. The fraction of sp³-hybridized carbons (Fsp3) is 0.609. The Morgan fingerprint density at radius 3 is 2.30 bits per heavy atom. The van der Waals surface area contributed by atoms with Crippen molar-refractivity contribution in [2.75, 3.05) is 13.1 Å². The summed E-state index contributed by atoms with van der Waals surface area (Å²) in [5.41, 5.74) is -0.696. The van der Waals surface area contributed by atoms with E-state index in [0.717, 1.165) is 19.3 Å². The first-order valence-electron chi connectivity index (χ1n) is 10.9. The molecule has 0 spiro atoms. The van der Waals surface area contributed by atoms with Gasteiger partial charge in [0.15, 0.2) is 0 Å². The maximum Gasteiger partial charge on any atom is 0.226 e. The number of carbonyl (C=O) groups is 2. The number of piperidine rings is 1. The fourth-order valence-electron chi connectivity index (χ4n) is 4.59. The van der Waals surface area contributed by atoms with Crippen LogP contribution in [-0.2, 0) is 9.59 Å². The normalized spacial score (nSPS) is 25.8. The number of hydrogen-bond acceptors (Lipinski definition) is 4. The molecule has 160 valence electrons. The largest absolute Gasteiger partial charge is 0.490 e. The molecule has 2 amide bonds. The van der Waals surface area contributed by atoms with Crippen LogP contribution in [0.2, 0.25) is 0 Å². The molecule has 0 aromatic heterocycles. The van der Waals surface area contributed by atoms with Gasteiger partial charge in [0, 0.05) is 37.8 Å². The van der Waals surface area contributed by atoms with Crippen molar-refractivity contribution in [2.45, 2.75) is 63.0 Å². The Balaban J connectivity index is 1.32. The summed E-state index contributed by atoms with van der Waals surface area (Å²) in [6.45, 7) is 1.19. The molecule has 1 aromatic carbocycles. The predicted octanol–water partition coefficient (Wildman–Crippen LogP) is 3.17. The average molecular weight is 413 g/mol. The molecule has 7 heteroatoms. The molecule has 1 N–H and O–H groups in total. The van der Waals surface area contributed by atoms with E-state index in [1.54, 1.807) is 12.1 Å². The minimum absolute atomic E-state index is 0.00434. The van der Waals surface area contributed by atoms with Crippen molar-refractivity contribution in [3.63, 3.8) is 0 Å². The predicted molar refractivity (Wildman–Crippen MR) is 108 cm³/mol. The van der Waals surface area contributed by atoms with Crippen LogP contribution in [0.1, 0.15) is 51.4 Å². The Morgan fingerprint density at radius 1 is 1.07 bits per heavy atom. The fourth-order valence-corrected chi connectivity index (χ4v) is 4.59. The van der Waals surface area contributed by atoms with Crippen molar-refractivity contribution < 1.29 is 18.7 Å². The van der Waals surface area contributed by atoms with Gasteiger partial charge in [-0.25, -0.2) is 4.39 Å². The minimum Gasteiger partial charge on any atom is -0.490 e. The molecule has 0 unspecified atom stereocenters. The first kappa shape index (κ1) is 20.6. The van der Waals surface area contributed by atoms with E-state index in [-0.39, 0.29) is 35.6 Å². The molecule has 2 aliphatic carbocycles. The Morgan fingerprint density at radius 2 is 1.70 bits per heavy atom. The first-order valence-corrected chi connectivity index (χ1v) is 10.9. The van der Waals surface area contributed by atoms with Crippen LogP contribution in [0.15, 0.2) is 24.3 Å². The second-order valence-corrected chi connectivity index (χ2v) is 8.78. The lowest BCUT2D eigenvalue weighted by atomic mass is 9.77. The third-order valence-corrected chi connectivity index (χ3v) is 6.62. The van der Waals surface area contributed by atoms with Gasteiger partial charge < -0.3 is 15.0 Å². The topological polar surface area (TPSA) is 82.4 Å². The summed E-state index contributed by atoms with van der Waals surface area (Å²) in [4.78, 5) is 27.9. The van der Waals surface area contributed by atoms with Crippen molar-refractivity contribution in [3.8, 4) is 11.8 Å². The second kappa shape index (κ2) is 8.63. The van der Waals surface area contributed by atoms with Crippen LogP contribution in [-0.4, -0.2) is 41.4 Å². The average Bonchev–Trinajstić information content (AvgIpc) is 3.55. The van der Waals surface area contributed by atoms with Gasteiger partial charge in [-0.1, -0.05) is 12.8 Å². The molecule has 3 fully saturated rings. The van der Waals surface area contributed by atoms with Crippen LogP contribution < -0.4 is 10.1 Å². The zero-order valence-corrected chi connectivity index (χ0v) is 17.1. The highest BCUT2D eigenvalue weighted by Crippen LogP contribution is 2.37. The van der Waals surface area contributed by atoms with E-state index in [0.29, 0.717) is 50.9 Å². The second-order valence-electron chi connectivity index (χ2n) is 8.78. The number of likely N-dealkylation sites (tertiary alicyclic amines) is 1. The Kier molecular flexibility index (Phi) is 5.94. The zero-order chi connectivity index (χ0) is 21.1. The quantitative estimate of drug-likeness (QED) is 0.804. The maximum absolute atomic E-state index is 13.2. The monoisotopic (exact) mass is 413 g/mol. The van der Waals surface area contributed by atoms with Gasteiger partial charge in [-0.3, -0.25) is 9.59 Å². The molecule has 3 aliphatic rings. The highest BCUT2D eigenvalue weighted by atomic mass is 19.1. The first-order chi connectivity index (χ1) is 14.5. The molecule has 1 saturated heterocycles. The molecular formula is C23H28FN3O3. The highest BCUT2D eigenvalue weighted by molar-refractivity contribution is 5.88. The third kappa shape index (κ3) is 4.58. The van der Waals surface area contributed by atoms with Gasteiger partial charge in [0.25, 0.3) is 0 Å². The summed E-state index contributed by atoms with van der Waals surface area (Å²) in [6.07, 6.45) is 6.13. The Hall–Kier alpha value is -2.62. The van der Waals surface area contributed by atoms with Crippen LogP contribution in [0.3, 0.4) is 0 Å². The van der Waals surface area contributed by atoms with Gasteiger partial charge in [-0.2, -0.15) is 5.26 Å². The summed E-state index contributed by atoms with van der Waals surface area (Å²) in [5.74, 6) is -0.389. The number of rotatable bonds is 5. The number of halogens is 1. The van der Waals surface area contributed by atoms with Gasteiger partial charge in [-0.15, -0.1) is 0 Å². The molecule has 1 heterocycles. The van der Waals surface area contributed by atoms with Crippen molar-refractivity contribution >= 4 is 11.8 Å². The summed E-state index contributed by atoms with van der Waals surface area (Å²) < 4.78 is 19.0. The Bertz CT molecular complexity index is 823. The van der Waals surface area contributed by atoms with E-state index in [1.165, 1.54) is 12.1 Å². The molecule has 6 nitrogen and oxygen atoms in total. The van der Waals surface area contributed by atoms with Crippen molar-refractivity contribution in [3.05, 3.63) is 30.1 Å². The third-order valence-electron chi connectivity index (χ3n) is 6.62. The smallest absolute Gasteiger partial charge is 0.226 e. The zero-order valence-electron chi connectivity index (χ0n) is 17.1. The van der Waals surface area contributed by atoms with Gasteiger partial charge in [-0.05, 0) is 49.9 Å². The number of nitrogens with one attached hydrogen (secondary N) is 1. The van der Waals surface area contributed by atoms with E-state index >= 15 is 0 Å². The van der Waals surface area contributed by atoms with Gasteiger partial charge >= 0.3 is 0 Å². The van der Waals surface area contributed by atoms with Crippen molar-refractivity contribution in [1.29, 1.82) is 5.26 Å². The van der Waals surface area contributed by atoms with Gasteiger partial charge in [0.1, 0.15) is 23.2 Å². The lowest BCUT2D eigenvalue weighted by Gasteiger charge is -2.37. The maximum atomic E-state index is 13.2. The van der Waals surface area contributed by atoms with Crippen LogP contribution in [0.25, 0.3) is 0 Å². The van der Waals surface area contributed by atoms with Gasteiger partial charge in [0.05, 0.1) is 6.07 Å². The molecule has 1 aliphatic heterocycles. The number of ether oxygens (including phenoxy) is 1. The molecule has 30 heavy (non-hydrogen) atoms. The number of hydrogen-bond donors (Lipinski definition) is 1. The number of carbonyl (C=O) groups excluding carboxylic acids is 2. The highest BCUT2D eigenvalue weighted by Gasteiger charge is 2.47. The van der Waals surface area contributed by atoms with Crippen LogP contribution in [0.5, 0.6) is 5.75 Å². The Labute approximate surface area is 176 Å². The van der Waals surface area contributed by atoms with E-state index in [2.05, 4.69) is 11.4 Å². The van der Waals surface area contributed by atoms with Crippen LogP contribution in [0.4, 0.5) is 4.39 Å². The van der Waals surface area contributed by atoms with E-state index in [4.69, 9.17) is 4.74 Å². The summed E-state index contributed by atoms with van der Waals surface area (Å²) in [5, 5.41) is 12.2. The lowest BCUT2D eigenvalue weighted by Crippen LogP contribution is -2.50. The van der Waals surface area contributed by atoms with Crippen LogP contribution >= 0.6 is 0 Å². The van der Waals surface area contributed by atoms with Crippen molar-refractivity contribution in [1.82, 2.24) is 10.2 Å². The van der Waals surface area contributed by atoms with Gasteiger partial charge in [0.2, 0.25) is 11.8 Å². The summed E-state index contributed by atoms with van der Waals surface area (Å²) >= 11 is 0. The molecule has 0 bridgehead atoms. The van der Waals surface area contributed by atoms with E-state index < -0.39 is 5.54 Å². The summed E-state index contributed by atoms with van der Waals surface area (Å²) in [6, 6.07) is 8.18. The van der Waals surface area contributed by atoms with Crippen LogP contribution in [0, 0.1) is 29.0 Å². The molecular weight excluding hydrogens is 385 g/mol. The number of benzene rings is 1. The lowest BCUT2D eigenvalue weighted by molar-refractivity contribution is -0.145.